The van der Waals surface area contributed by atoms with E-state index < -0.39 is 0 Å². The molecule has 0 radical (unpaired) electrons. The molecule has 1 aromatic carbocycles. The second kappa shape index (κ2) is 13.1. The van der Waals surface area contributed by atoms with Crippen LogP contribution >= 0.6 is 11.6 Å². The van der Waals surface area contributed by atoms with Gasteiger partial charge in [0.2, 0.25) is 5.91 Å². The van der Waals surface area contributed by atoms with Gasteiger partial charge in [-0.1, -0.05) is 44.5 Å². The predicted octanol–water partition coefficient (Wildman–Crippen LogP) is 4.17. The fraction of sp³-hybridized carbons (Fsp3) is 0.667. The lowest BCUT2D eigenvalue weighted by Crippen LogP contribution is -2.41. The molecule has 4 nitrogen and oxygen atoms in total. The molecule has 1 N–H and O–H groups in total. The average molecular weight is 383 g/mol. The van der Waals surface area contributed by atoms with Gasteiger partial charge in [0.05, 0.1) is 5.92 Å². The van der Waals surface area contributed by atoms with Gasteiger partial charge < -0.3 is 14.9 Å². The lowest BCUT2D eigenvalue weighted by atomic mass is 9.96. The highest BCUT2D eigenvalue weighted by Crippen LogP contribution is 2.23. The molecule has 1 unspecified atom stereocenters. The first kappa shape index (κ1) is 22.9. The Labute approximate surface area is 164 Å². The molecule has 0 aliphatic heterocycles. The van der Waals surface area contributed by atoms with Crippen LogP contribution in [0, 0.1) is 0 Å². The van der Waals surface area contributed by atoms with Crippen molar-refractivity contribution in [1.29, 1.82) is 0 Å². The summed E-state index contributed by atoms with van der Waals surface area (Å²) in [4.78, 5) is 17.6. The number of carbonyl (C=O) groups is 1. The third-order valence-electron chi connectivity index (χ3n) is 4.48. The van der Waals surface area contributed by atoms with E-state index in [1.807, 2.05) is 29.2 Å². The van der Waals surface area contributed by atoms with Crippen molar-refractivity contribution in [2.24, 2.45) is 0 Å². The Kier molecular flexibility index (Phi) is 11.6. The predicted molar refractivity (Wildman–Crippen MR) is 110 cm³/mol. The fourth-order valence-corrected chi connectivity index (χ4v) is 3.40. The summed E-state index contributed by atoms with van der Waals surface area (Å²) in [6, 6.07) is 7.66. The molecule has 0 saturated heterocycles. The van der Waals surface area contributed by atoms with Crippen LogP contribution < -0.4 is 0 Å². The van der Waals surface area contributed by atoms with Gasteiger partial charge in [-0.15, -0.1) is 0 Å². The summed E-state index contributed by atoms with van der Waals surface area (Å²) in [5.74, 6) is -0.00302. The Bertz CT molecular complexity index is 501. The van der Waals surface area contributed by atoms with Gasteiger partial charge in [0.25, 0.3) is 0 Å². The highest BCUT2D eigenvalue weighted by molar-refractivity contribution is 6.30. The molecule has 0 aliphatic carbocycles. The minimum absolute atomic E-state index is 0.178. The SMILES string of the molecule is CCCN(CCCO)CC(C(=O)N(CCC)CCC)c1ccc(Cl)cc1. The number of benzene rings is 1. The van der Waals surface area contributed by atoms with Gasteiger partial charge in [0.1, 0.15) is 0 Å². The van der Waals surface area contributed by atoms with Crippen LogP contribution in [0.5, 0.6) is 0 Å². The summed E-state index contributed by atoms with van der Waals surface area (Å²) >= 11 is 6.05. The number of aliphatic hydroxyl groups excluding tert-OH is 1. The van der Waals surface area contributed by atoms with Crippen LogP contribution in [0.3, 0.4) is 0 Å². The molecule has 0 spiro atoms. The Morgan fingerprint density at radius 3 is 2.08 bits per heavy atom. The second-order valence-corrected chi connectivity index (χ2v) is 7.24. The van der Waals surface area contributed by atoms with Crippen molar-refractivity contribution in [2.45, 2.75) is 52.4 Å². The summed E-state index contributed by atoms with van der Waals surface area (Å²) in [5, 5.41) is 9.87. The van der Waals surface area contributed by atoms with E-state index in [4.69, 9.17) is 11.6 Å². The molecule has 5 heteroatoms. The lowest BCUT2D eigenvalue weighted by Gasteiger charge is -2.31. The third-order valence-corrected chi connectivity index (χ3v) is 4.73. The van der Waals surface area contributed by atoms with Gasteiger partial charge in [-0.2, -0.15) is 0 Å². The molecular weight excluding hydrogens is 348 g/mol. The normalized spacial score (nSPS) is 12.4. The molecule has 0 saturated carbocycles. The van der Waals surface area contributed by atoms with Crippen LogP contribution in [0.2, 0.25) is 5.02 Å². The topological polar surface area (TPSA) is 43.8 Å². The number of aliphatic hydroxyl groups is 1. The smallest absolute Gasteiger partial charge is 0.231 e. The highest BCUT2D eigenvalue weighted by Gasteiger charge is 2.27. The molecule has 0 aliphatic rings. The van der Waals surface area contributed by atoms with Crippen LogP contribution in [0.1, 0.15) is 57.9 Å². The molecule has 1 rings (SSSR count). The molecular formula is C21H35ClN2O2. The van der Waals surface area contributed by atoms with E-state index in [1.165, 1.54) is 0 Å². The molecule has 0 aromatic heterocycles. The Morgan fingerprint density at radius 1 is 1.00 bits per heavy atom. The molecule has 26 heavy (non-hydrogen) atoms. The maximum absolute atomic E-state index is 13.3. The van der Waals surface area contributed by atoms with Crippen molar-refractivity contribution in [3.8, 4) is 0 Å². The molecule has 1 amide bonds. The quantitative estimate of drug-likeness (QED) is 0.557. The largest absolute Gasteiger partial charge is 0.396 e. The summed E-state index contributed by atoms with van der Waals surface area (Å²) in [5.41, 5.74) is 1.02. The zero-order valence-corrected chi connectivity index (χ0v) is 17.3. The van der Waals surface area contributed by atoms with Gasteiger partial charge in [-0.05, 0) is 49.9 Å². The first-order chi connectivity index (χ1) is 12.6. The van der Waals surface area contributed by atoms with Crippen LogP contribution in [0.25, 0.3) is 0 Å². The van der Waals surface area contributed by atoms with Crippen molar-refractivity contribution in [2.75, 3.05) is 39.3 Å². The van der Waals surface area contributed by atoms with Crippen molar-refractivity contribution in [1.82, 2.24) is 9.80 Å². The first-order valence-electron chi connectivity index (χ1n) is 9.94. The summed E-state index contributed by atoms with van der Waals surface area (Å²) < 4.78 is 0. The van der Waals surface area contributed by atoms with Gasteiger partial charge >= 0.3 is 0 Å². The van der Waals surface area contributed by atoms with Crippen molar-refractivity contribution < 1.29 is 9.90 Å². The lowest BCUT2D eigenvalue weighted by molar-refractivity contribution is -0.133. The molecule has 0 bridgehead atoms. The van der Waals surface area contributed by atoms with Gasteiger partial charge in [0, 0.05) is 37.8 Å². The fourth-order valence-electron chi connectivity index (χ4n) is 3.28. The molecule has 0 heterocycles. The summed E-state index contributed by atoms with van der Waals surface area (Å²) in [7, 11) is 0. The summed E-state index contributed by atoms with van der Waals surface area (Å²) in [6.07, 6.45) is 3.68. The number of amides is 1. The van der Waals surface area contributed by atoms with Crippen molar-refractivity contribution in [3.63, 3.8) is 0 Å². The van der Waals surface area contributed by atoms with Crippen molar-refractivity contribution >= 4 is 17.5 Å². The van der Waals surface area contributed by atoms with Gasteiger partial charge in [0.15, 0.2) is 0 Å². The Balaban J connectivity index is 3.06. The maximum Gasteiger partial charge on any atom is 0.231 e. The highest BCUT2D eigenvalue weighted by atomic mass is 35.5. The maximum atomic E-state index is 13.3. The van der Waals surface area contributed by atoms with E-state index in [2.05, 4.69) is 25.7 Å². The molecule has 148 valence electrons. The minimum atomic E-state index is -0.199. The first-order valence-corrected chi connectivity index (χ1v) is 10.3. The Morgan fingerprint density at radius 2 is 1.58 bits per heavy atom. The number of halogens is 1. The Hall–Kier alpha value is -1.10. The van der Waals surface area contributed by atoms with Crippen LogP contribution in [-0.4, -0.2) is 60.1 Å². The molecule has 1 atom stereocenters. The van der Waals surface area contributed by atoms with E-state index >= 15 is 0 Å². The van der Waals surface area contributed by atoms with E-state index in [0.29, 0.717) is 11.6 Å². The number of nitrogens with zero attached hydrogens (tertiary/aromatic N) is 2. The molecule has 0 fully saturated rings. The number of hydrogen-bond donors (Lipinski definition) is 1. The van der Waals surface area contributed by atoms with E-state index in [9.17, 15) is 9.90 Å². The minimum Gasteiger partial charge on any atom is -0.396 e. The number of hydrogen-bond acceptors (Lipinski definition) is 3. The monoisotopic (exact) mass is 382 g/mol. The number of carbonyl (C=O) groups excluding carboxylic acids is 1. The average Bonchev–Trinajstić information content (AvgIpc) is 2.64. The zero-order chi connectivity index (χ0) is 19.4. The van der Waals surface area contributed by atoms with Crippen LogP contribution in [0.15, 0.2) is 24.3 Å². The van der Waals surface area contributed by atoms with Crippen LogP contribution in [0.4, 0.5) is 0 Å². The number of rotatable bonds is 13. The van der Waals surface area contributed by atoms with E-state index in [-0.39, 0.29) is 18.4 Å². The van der Waals surface area contributed by atoms with Crippen molar-refractivity contribution in [3.05, 3.63) is 34.9 Å². The van der Waals surface area contributed by atoms with E-state index in [0.717, 1.165) is 57.4 Å². The van der Waals surface area contributed by atoms with Gasteiger partial charge in [-0.3, -0.25) is 4.79 Å². The van der Waals surface area contributed by atoms with E-state index in [1.54, 1.807) is 0 Å². The van der Waals surface area contributed by atoms with Gasteiger partial charge in [-0.25, -0.2) is 0 Å². The van der Waals surface area contributed by atoms with Crippen LogP contribution in [-0.2, 0) is 4.79 Å². The zero-order valence-electron chi connectivity index (χ0n) is 16.6. The molecule has 1 aromatic rings. The standard InChI is InChI=1S/C21H35ClN2O2/c1-4-12-23(15-7-16-25)17-20(18-8-10-19(22)11-9-18)21(26)24(13-5-2)14-6-3/h8-11,20,25H,4-7,12-17H2,1-3H3. The second-order valence-electron chi connectivity index (χ2n) is 6.81. The summed E-state index contributed by atoms with van der Waals surface area (Å²) in [6.45, 7) is 10.5. The third kappa shape index (κ3) is 7.65.